The average molecular weight is 345 g/mol. The molecule has 0 radical (unpaired) electrons. The minimum Gasteiger partial charge on any atom is -0.497 e. The van der Waals surface area contributed by atoms with E-state index in [9.17, 15) is 4.79 Å². The van der Waals surface area contributed by atoms with Crippen molar-refractivity contribution in [3.05, 3.63) is 101 Å². The zero-order valence-electron chi connectivity index (χ0n) is 15.3. The van der Waals surface area contributed by atoms with Gasteiger partial charge in [-0.25, -0.2) is 0 Å². The van der Waals surface area contributed by atoms with E-state index in [1.807, 2.05) is 42.5 Å². The number of rotatable bonds is 5. The Labute approximate surface area is 154 Å². The molecule has 0 saturated heterocycles. The number of nitrogens with one attached hydrogen (secondary N) is 1. The van der Waals surface area contributed by atoms with E-state index >= 15 is 0 Å². The highest BCUT2D eigenvalue weighted by molar-refractivity contribution is 5.95. The van der Waals surface area contributed by atoms with Crippen LogP contribution in [-0.4, -0.2) is 13.0 Å². The predicted molar refractivity (Wildman–Crippen MR) is 105 cm³/mol. The lowest BCUT2D eigenvalue weighted by molar-refractivity contribution is 0.0942. The van der Waals surface area contributed by atoms with E-state index in [0.717, 1.165) is 16.7 Å². The van der Waals surface area contributed by atoms with Crippen molar-refractivity contribution >= 4 is 5.91 Å². The lowest BCUT2D eigenvalue weighted by Gasteiger charge is -2.22. The molecule has 1 N–H and O–H groups in total. The second-order valence-electron chi connectivity index (χ2n) is 6.41. The fourth-order valence-corrected chi connectivity index (χ4v) is 3.04. The lowest BCUT2D eigenvalue weighted by atomic mass is 9.93. The average Bonchev–Trinajstić information content (AvgIpc) is 2.68. The van der Waals surface area contributed by atoms with Gasteiger partial charge < -0.3 is 10.1 Å². The number of carbonyl (C=O) groups is 1. The van der Waals surface area contributed by atoms with Crippen LogP contribution in [0.25, 0.3) is 0 Å². The molecule has 0 unspecified atom stereocenters. The highest BCUT2D eigenvalue weighted by Crippen LogP contribution is 2.26. The van der Waals surface area contributed by atoms with Crippen molar-refractivity contribution in [1.29, 1.82) is 0 Å². The number of amides is 1. The Bertz CT molecular complexity index is 903. The lowest BCUT2D eigenvalue weighted by Crippen LogP contribution is -2.29. The molecule has 1 atom stereocenters. The molecule has 3 aromatic rings. The first-order chi connectivity index (χ1) is 12.6. The van der Waals surface area contributed by atoms with Crippen molar-refractivity contribution in [2.24, 2.45) is 0 Å². The number of benzene rings is 3. The van der Waals surface area contributed by atoms with Gasteiger partial charge >= 0.3 is 0 Å². The largest absolute Gasteiger partial charge is 0.497 e. The smallest absolute Gasteiger partial charge is 0.252 e. The third-order valence-corrected chi connectivity index (χ3v) is 4.49. The molecule has 3 heteroatoms. The van der Waals surface area contributed by atoms with Crippen LogP contribution in [0.2, 0.25) is 0 Å². The molecule has 0 spiro atoms. The van der Waals surface area contributed by atoms with Gasteiger partial charge in [0, 0.05) is 5.56 Å². The highest BCUT2D eigenvalue weighted by Gasteiger charge is 2.20. The van der Waals surface area contributed by atoms with Gasteiger partial charge in [0.05, 0.1) is 13.2 Å². The molecule has 0 aromatic heterocycles. The number of hydrogen-bond acceptors (Lipinski definition) is 2. The second kappa shape index (κ2) is 7.87. The van der Waals surface area contributed by atoms with E-state index in [-0.39, 0.29) is 11.9 Å². The van der Waals surface area contributed by atoms with Gasteiger partial charge in [-0.15, -0.1) is 0 Å². The van der Waals surface area contributed by atoms with E-state index in [1.54, 1.807) is 19.2 Å². The van der Waals surface area contributed by atoms with Gasteiger partial charge in [-0.2, -0.15) is 0 Å². The summed E-state index contributed by atoms with van der Waals surface area (Å²) in [4.78, 5) is 12.9. The SMILES string of the molecule is COc1cccc(C(=O)N[C@H](c2ccccc2)c2cc(C)ccc2C)c1. The van der Waals surface area contributed by atoms with Gasteiger partial charge in [0.25, 0.3) is 5.91 Å². The third kappa shape index (κ3) is 3.94. The Balaban J connectivity index is 1.98. The molecule has 26 heavy (non-hydrogen) atoms. The quantitative estimate of drug-likeness (QED) is 0.719. The standard InChI is InChI=1S/C23H23NO2/c1-16-12-13-17(2)21(14-16)22(18-8-5-4-6-9-18)24-23(25)19-10-7-11-20(15-19)26-3/h4-15,22H,1-3H3,(H,24,25)/t22-/m1/s1. The van der Waals surface area contributed by atoms with Gasteiger partial charge in [-0.1, -0.05) is 60.2 Å². The van der Waals surface area contributed by atoms with Gasteiger partial charge in [-0.05, 0) is 48.7 Å². The molecule has 0 aliphatic rings. The zero-order chi connectivity index (χ0) is 18.5. The van der Waals surface area contributed by atoms with Crippen LogP contribution < -0.4 is 10.1 Å². The summed E-state index contributed by atoms with van der Waals surface area (Å²) in [7, 11) is 1.60. The number of ether oxygens (including phenoxy) is 1. The van der Waals surface area contributed by atoms with Gasteiger partial charge in [0.1, 0.15) is 5.75 Å². The van der Waals surface area contributed by atoms with Crippen LogP contribution in [0.3, 0.4) is 0 Å². The maximum atomic E-state index is 12.9. The summed E-state index contributed by atoms with van der Waals surface area (Å²) >= 11 is 0. The molecule has 3 nitrogen and oxygen atoms in total. The first-order valence-electron chi connectivity index (χ1n) is 8.65. The van der Waals surface area contributed by atoms with Crippen molar-refractivity contribution in [3.63, 3.8) is 0 Å². The predicted octanol–water partition coefficient (Wildman–Crippen LogP) is 4.83. The van der Waals surface area contributed by atoms with Crippen molar-refractivity contribution in [2.75, 3.05) is 7.11 Å². The molecule has 0 heterocycles. The molecule has 1 amide bonds. The Morgan fingerprint density at radius 2 is 1.69 bits per heavy atom. The molecule has 132 valence electrons. The first-order valence-corrected chi connectivity index (χ1v) is 8.65. The second-order valence-corrected chi connectivity index (χ2v) is 6.41. The van der Waals surface area contributed by atoms with Gasteiger partial charge in [0.2, 0.25) is 0 Å². The number of carbonyl (C=O) groups excluding carboxylic acids is 1. The monoisotopic (exact) mass is 345 g/mol. The molecular weight excluding hydrogens is 322 g/mol. The van der Waals surface area contributed by atoms with E-state index < -0.39 is 0 Å². The molecule has 0 aliphatic carbocycles. The molecule has 3 rings (SSSR count). The van der Waals surface area contributed by atoms with Crippen LogP contribution in [0, 0.1) is 13.8 Å². The van der Waals surface area contributed by atoms with Crippen LogP contribution in [-0.2, 0) is 0 Å². The first kappa shape index (κ1) is 17.7. The molecule has 3 aromatic carbocycles. The van der Waals surface area contributed by atoms with Gasteiger partial charge in [-0.3, -0.25) is 4.79 Å². The van der Waals surface area contributed by atoms with Crippen molar-refractivity contribution in [1.82, 2.24) is 5.32 Å². The highest BCUT2D eigenvalue weighted by atomic mass is 16.5. The summed E-state index contributed by atoms with van der Waals surface area (Å²) in [6, 6.07) is 23.3. The molecule has 0 aliphatic heterocycles. The minimum absolute atomic E-state index is 0.126. The fourth-order valence-electron chi connectivity index (χ4n) is 3.04. The van der Waals surface area contributed by atoms with Crippen molar-refractivity contribution in [3.8, 4) is 5.75 Å². The Morgan fingerprint density at radius 1 is 0.923 bits per heavy atom. The van der Waals surface area contributed by atoms with E-state index in [2.05, 4.69) is 37.4 Å². The van der Waals surface area contributed by atoms with Crippen molar-refractivity contribution < 1.29 is 9.53 Å². The van der Waals surface area contributed by atoms with Crippen LogP contribution in [0.15, 0.2) is 72.8 Å². The maximum Gasteiger partial charge on any atom is 0.252 e. The number of methoxy groups -OCH3 is 1. The van der Waals surface area contributed by atoms with E-state index in [4.69, 9.17) is 4.74 Å². The van der Waals surface area contributed by atoms with Crippen LogP contribution >= 0.6 is 0 Å². The van der Waals surface area contributed by atoms with E-state index in [1.165, 1.54) is 5.56 Å². The zero-order valence-corrected chi connectivity index (χ0v) is 15.3. The Morgan fingerprint density at radius 3 is 2.42 bits per heavy atom. The maximum absolute atomic E-state index is 12.9. The summed E-state index contributed by atoms with van der Waals surface area (Å²) in [5.74, 6) is 0.541. The third-order valence-electron chi connectivity index (χ3n) is 4.49. The van der Waals surface area contributed by atoms with Crippen molar-refractivity contribution in [2.45, 2.75) is 19.9 Å². The number of aryl methyl sites for hydroxylation is 2. The van der Waals surface area contributed by atoms with Crippen LogP contribution in [0.5, 0.6) is 5.75 Å². The van der Waals surface area contributed by atoms with Crippen LogP contribution in [0.4, 0.5) is 0 Å². The summed E-state index contributed by atoms with van der Waals surface area (Å²) in [6.45, 7) is 4.14. The topological polar surface area (TPSA) is 38.3 Å². The summed E-state index contributed by atoms with van der Waals surface area (Å²) in [5, 5.41) is 3.19. The fraction of sp³-hybridized carbons (Fsp3) is 0.174. The Kier molecular flexibility index (Phi) is 5.37. The summed E-state index contributed by atoms with van der Waals surface area (Å²) < 4.78 is 5.23. The molecule has 0 fully saturated rings. The summed E-state index contributed by atoms with van der Waals surface area (Å²) in [6.07, 6.45) is 0. The minimum atomic E-state index is -0.213. The van der Waals surface area contributed by atoms with Gasteiger partial charge in [0.15, 0.2) is 0 Å². The normalized spacial score (nSPS) is 11.7. The molecule has 0 bridgehead atoms. The van der Waals surface area contributed by atoms with Crippen LogP contribution in [0.1, 0.15) is 38.7 Å². The molecular formula is C23H23NO2. The van der Waals surface area contributed by atoms with E-state index in [0.29, 0.717) is 11.3 Å². The Hall–Kier alpha value is -3.07. The summed E-state index contributed by atoms with van der Waals surface area (Å²) in [5.41, 5.74) is 5.05. The molecule has 0 saturated carbocycles. The number of hydrogen-bond donors (Lipinski definition) is 1.